The number of hydrogen-bond acceptors (Lipinski definition) is 2. The molecule has 0 aromatic carbocycles. The summed E-state index contributed by atoms with van der Waals surface area (Å²) < 4.78 is 37.9. The Morgan fingerprint density at radius 1 is 1.28 bits per heavy atom. The largest absolute Gasteiger partial charge is 0.393 e. The molecule has 1 saturated carbocycles. The smallest absolute Gasteiger partial charge is 0.313 e. The topological polar surface area (TPSA) is 15.3 Å². The van der Waals surface area contributed by atoms with Crippen molar-refractivity contribution >= 4 is 0 Å². The molecular weight excluding hydrogens is 241 g/mol. The Morgan fingerprint density at radius 2 is 2.00 bits per heavy atom. The highest BCUT2D eigenvalue weighted by Crippen LogP contribution is 2.33. The van der Waals surface area contributed by atoms with Gasteiger partial charge in [0.05, 0.1) is 5.92 Å². The Hall–Kier alpha value is -0.290. The Morgan fingerprint density at radius 3 is 2.61 bits per heavy atom. The van der Waals surface area contributed by atoms with Gasteiger partial charge in [-0.05, 0) is 45.1 Å². The van der Waals surface area contributed by atoms with Crippen molar-refractivity contribution in [2.45, 2.75) is 44.8 Å². The summed E-state index contributed by atoms with van der Waals surface area (Å²) in [6, 6.07) is 0.521. The number of alkyl halides is 3. The van der Waals surface area contributed by atoms with Crippen LogP contribution in [0.25, 0.3) is 0 Å². The number of likely N-dealkylation sites (tertiary alicyclic amines) is 1. The van der Waals surface area contributed by atoms with Crippen LogP contribution in [-0.4, -0.2) is 43.3 Å². The highest BCUT2D eigenvalue weighted by atomic mass is 19.4. The monoisotopic (exact) mass is 264 g/mol. The van der Waals surface area contributed by atoms with E-state index in [1.807, 2.05) is 4.90 Å². The maximum Gasteiger partial charge on any atom is 0.393 e. The standard InChI is InChI=1S/C13H23F3N2/c1-10(11-4-5-11)17-6-8-18-7-2-3-12(9-18)13(14,15)16/h10-12,17H,2-9H2,1H3. The van der Waals surface area contributed by atoms with Crippen molar-refractivity contribution in [1.82, 2.24) is 10.2 Å². The van der Waals surface area contributed by atoms with E-state index >= 15 is 0 Å². The van der Waals surface area contributed by atoms with Gasteiger partial charge in [-0.25, -0.2) is 0 Å². The van der Waals surface area contributed by atoms with E-state index in [4.69, 9.17) is 0 Å². The van der Waals surface area contributed by atoms with Gasteiger partial charge in [-0.3, -0.25) is 0 Å². The Balaban J connectivity index is 1.66. The van der Waals surface area contributed by atoms with E-state index in [2.05, 4.69) is 12.2 Å². The molecule has 1 saturated heterocycles. The SMILES string of the molecule is CC(NCCN1CCCC(C(F)(F)F)C1)C1CC1. The van der Waals surface area contributed by atoms with Crippen molar-refractivity contribution in [1.29, 1.82) is 0 Å². The van der Waals surface area contributed by atoms with Crippen molar-refractivity contribution in [2.24, 2.45) is 11.8 Å². The number of rotatable bonds is 5. The number of nitrogens with zero attached hydrogens (tertiary/aromatic N) is 1. The molecule has 2 rings (SSSR count). The van der Waals surface area contributed by atoms with Crippen molar-refractivity contribution < 1.29 is 13.2 Å². The molecular formula is C13H23F3N2. The average Bonchev–Trinajstić information content (AvgIpc) is 3.12. The third-order valence-electron chi connectivity index (χ3n) is 4.19. The number of hydrogen-bond donors (Lipinski definition) is 1. The van der Waals surface area contributed by atoms with E-state index in [1.54, 1.807) is 0 Å². The van der Waals surface area contributed by atoms with Gasteiger partial charge >= 0.3 is 6.18 Å². The van der Waals surface area contributed by atoms with Gasteiger partial charge in [0.25, 0.3) is 0 Å². The van der Waals surface area contributed by atoms with Crippen molar-refractivity contribution in [3.8, 4) is 0 Å². The van der Waals surface area contributed by atoms with E-state index < -0.39 is 12.1 Å². The highest BCUT2D eigenvalue weighted by Gasteiger charge is 2.41. The average molecular weight is 264 g/mol. The molecule has 0 aromatic heterocycles. The Bertz CT molecular complexity index is 263. The van der Waals surface area contributed by atoms with Gasteiger partial charge in [-0.15, -0.1) is 0 Å². The molecule has 2 atom stereocenters. The predicted molar refractivity (Wildman–Crippen MR) is 65.4 cm³/mol. The fraction of sp³-hybridized carbons (Fsp3) is 1.00. The zero-order valence-electron chi connectivity index (χ0n) is 11.0. The van der Waals surface area contributed by atoms with Crippen LogP contribution in [-0.2, 0) is 0 Å². The summed E-state index contributed by atoms with van der Waals surface area (Å²) in [6.45, 7) is 4.72. The van der Waals surface area contributed by atoms with Gasteiger partial charge in [0.1, 0.15) is 0 Å². The molecule has 2 nitrogen and oxygen atoms in total. The molecule has 2 unspecified atom stereocenters. The molecule has 1 N–H and O–H groups in total. The normalized spacial score (nSPS) is 28.3. The molecule has 0 aromatic rings. The molecule has 1 aliphatic heterocycles. The van der Waals surface area contributed by atoms with Gasteiger partial charge in [-0.1, -0.05) is 0 Å². The summed E-state index contributed by atoms with van der Waals surface area (Å²) in [5.74, 6) is -0.318. The van der Waals surface area contributed by atoms with E-state index in [9.17, 15) is 13.2 Å². The van der Waals surface area contributed by atoms with Crippen LogP contribution in [0, 0.1) is 11.8 Å². The minimum Gasteiger partial charge on any atom is -0.313 e. The lowest BCUT2D eigenvalue weighted by molar-refractivity contribution is -0.186. The van der Waals surface area contributed by atoms with E-state index in [0.717, 1.165) is 25.6 Å². The van der Waals surface area contributed by atoms with Crippen LogP contribution < -0.4 is 5.32 Å². The maximum absolute atomic E-state index is 12.6. The molecule has 2 aliphatic rings. The number of piperidine rings is 1. The van der Waals surface area contributed by atoms with Gasteiger partial charge in [0.15, 0.2) is 0 Å². The number of halogens is 3. The van der Waals surface area contributed by atoms with Crippen LogP contribution in [0.3, 0.4) is 0 Å². The fourth-order valence-corrected chi connectivity index (χ4v) is 2.74. The summed E-state index contributed by atoms with van der Waals surface area (Å²) in [5.41, 5.74) is 0. The first kappa shape index (κ1) is 14.1. The van der Waals surface area contributed by atoms with Crippen LogP contribution >= 0.6 is 0 Å². The van der Waals surface area contributed by atoms with Gasteiger partial charge < -0.3 is 10.2 Å². The van der Waals surface area contributed by atoms with Crippen molar-refractivity contribution in [2.75, 3.05) is 26.2 Å². The summed E-state index contributed by atoms with van der Waals surface area (Å²) in [7, 11) is 0. The molecule has 0 spiro atoms. The first-order chi connectivity index (χ1) is 8.47. The summed E-state index contributed by atoms with van der Waals surface area (Å²) in [4.78, 5) is 1.95. The lowest BCUT2D eigenvalue weighted by Gasteiger charge is -2.33. The highest BCUT2D eigenvalue weighted by molar-refractivity contribution is 4.84. The molecule has 2 fully saturated rings. The zero-order chi connectivity index (χ0) is 13.2. The minimum atomic E-state index is -4.02. The molecule has 18 heavy (non-hydrogen) atoms. The van der Waals surface area contributed by atoms with Gasteiger partial charge in [-0.2, -0.15) is 13.2 Å². The fourth-order valence-electron chi connectivity index (χ4n) is 2.74. The lowest BCUT2D eigenvalue weighted by atomic mass is 9.97. The van der Waals surface area contributed by atoms with E-state index in [1.165, 1.54) is 12.8 Å². The lowest BCUT2D eigenvalue weighted by Crippen LogP contribution is -2.45. The van der Waals surface area contributed by atoms with Crippen molar-refractivity contribution in [3.05, 3.63) is 0 Å². The van der Waals surface area contributed by atoms with Crippen LogP contribution in [0.4, 0.5) is 13.2 Å². The van der Waals surface area contributed by atoms with E-state index in [0.29, 0.717) is 18.9 Å². The van der Waals surface area contributed by atoms with Crippen LogP contribution in [0.15, 0.2) is 0 Å². The van der Waals surface area contributed by atoms with Crippen LogP contribution in [0.2, 0.25) is 0 Å². The van der Waals surface area contributed by atoms with E-state index in [-0.39, 0.29) is 6.54 Å². The minimum absolute atomic E-state index is 0.184. The molecule has 1 heterocycles. The zero-order valence-corrected chi connectivity index (χ0v) is 11.0. The Kier molecular flexibility index (Phi) is 4.54. The van der Waals surface area contributed by atoms with Crippen LogP contribution in [0.1, 0.15) is 32.6 Å². The molecule has 0 bridgehead atoms. The first-order valence-corrected chi connectivity index (χ1v) is 6.99. The quantitative estimate of drug-likeness (QED) is 0.821. The summed E-state index contributed by atoms with van der Waals surface area (Å²) in [6.07, 6.45) is -0.455. The maximum atomic E-state index is 12.6. The molecule has 0 radical (unpaired) electrons. The third-order valence-corrected chi connectivity index (χ3v) is 4.19. The van der Waals surface area contributed by atoms with Crippen molar-refractivity contribution in [3.63, 3.8) is 0 Å². The summed E-state index contributed by atoms with van der Waals surface area (Å²) in [5, 5.41) is 3.42. The Labute approximate surface area is 107 Å². The molecule has 0 amide bonds. The second kappa shape index (κ2) is 5.78. The molecule has 106 valence electrons. The molecule has 5 heteroatoms. The predicted octanol–water partition coefficient (Wildman–Crippen LogP) is 2.65. The molecule has 1 aliphatic carbocycles. The van der Waals surface area contributed by atoms with Crippen LogP contribution in [0.5, 0.6) is 0 Å². The third kappa shape index (κ3) is 4.12. The second-order valence-electron chi connectivity index (χ2n) is 5.76. The summed E-state index contributed by atoms with van der Waals surface area (Å²) >= 11 is 0. The first-order valence-electron chi connectivity index (χ1n) is 6.99. The number of nitrogens with one attached hydrogen (secondary N) is 1. The second-order valence-corrected chi connectivity index (χ2v) is 5.76. The van der Waals surface area contributed by atoms with Gasteiger partial charge in [0.2, 0.25) is 0 Å². The van der Waals surface area contributed by atoms with Gasteiger partial charge in [0, 0.05) is 25.7 Å².